The molecule has 1 rings (SSSR count). The van der Waals surface area contributed by atoms with Crippen molar-refractivity contribution in [2.75, 3.05) is 7.11 Å². The second kappa shape index (κ2) is 8.88. The normalized spacial score (nSPS) is 27.7. The second-order valence-corrected chi connectivity index (χ2v) is 7.19. The summed E-state index contributed by atoms with van der Waals surface area (Å²) in [6.45, 7) is 8.51. The van der Waals surface area contributed by atoms with Gasteiger partial charge in [-0.25, -0.2) is 0 Å². The summed E-state index contributed by atoms with van der Waals surface area (Å²) >= 11 is 0. The van der Waals surface area contributed by atoms with Gasteiger partial charge in [-0.05, 0) is 49.4 Å². The molecule has 4 heteroatoms. The first-order valence-corrected chi connectivity index (χ1v) is 8.79. The molecule has 2 N–H and O–H groups in total. The zero-order valence-corrected chi connectivity index (χ0v) is 14.8. The smallest absolute Gasteiger partial charge is 0.309 e. The first kappa shape index (κ1) is 19.4. The summed E-state index contributed by atoms with van der Waals surface area (Å²) in [7, 11) is 1.79. The van der Waals surface area contributed by atoms with E-state index in [9.17, 15) is 9.90 Å². The van der Waals surface area contributed by atoms with Gasteiger partial charge in [0, 0.05) is 7.11 Å². The lowest BCUT2D eigenvalue weighted by Crippen LogP contribution is -2.28. The van der Waals surface area contributed by atoms with Gasteiger partial charge in [0.05, 0.1) is 18.1 Å². The number of hydrogen-bond acceptors (Lipinski definition) is 3. The van der Waals surface area contributed by atoms with Gasteiger partial charge in [0.15, 0.2) is 0 Å². The van der Waals surface area contributed by atoms with E-state index in [2.05, 4.69) is 20.8 Å². The van der Waals surface area contributed by atoms with Gasteiger partial charge >= 0.3 is 5.97 Å². The highest BCUT2D eigenvalue weighted by Crippen LogP contribution is 2.49. The van der Waals surface area contributed by atoms with Crippen molar-refractivity contribution in [2.24, 2.45) is 29.6 Å². The third-order valence-corrected chi connectivity index (χ3v) is 5.66. The Kier molecular flexibility index (Phi) is 7.84. The highest BCUT2D eigenvalue weighted by Gasteiger charge is 2.43. The van der Waals surface area contributed by atoms with Gasteiger partial charge in [-0.3, -0.25) is 4.79 Å². The van der Waals surface area contributed by atoms with E-state index in [0.29, 0.717) is 42.6 Å². The average Bonchev–Trinajstić information content (AvgIpc) is 3.23. The Morgan fingerprint density at radius 3 is 2.36 bits per heavy atom. The number of ether oxygens (including phenoxy) is 1. The first-order chi connectivity index (χ1) is 10.3. The van der Waals surface area contributed by atoms with Crippen LogP contribution in [-0.4, -0.2) is 35.5 Å². The van der Waals surface area contributed by atoms with E-state index in [1.165, 1.54) is 0 Å². The number of aliphatic hydroxyl groups excluding tert-OH is 1. The van der Waals surface area contributed by atoms with E-state index in [1.807, 2.05) is 6.92 Å². The SMILES string of the molecule is CCC(C)C(CC(C)C1CC1C[C@@H](O)[C@@H](CC)C(=O)O)OC. The second-order valence-electron chi connectivity index (χ2n) is 7.19. The summed E-state index contributed by atoms with van der Waals surface area (Å²) in [4.78, 5) is 11.1. The van der Waals surface area contributed by atoms with Gasteiger partial charge in [0.2, 0.25) is 0 Å². The van der Waals surface area contributed by atoms with Crippen molar-refractivity contribution < 1.29 is 19.7 Å². The number of aliphatic hydroxyl groups is 1. The molecule has 0 aliphatic heterocycles. The van der Waals surface area contributed by atoms with E-state index >= 15 is 0 Å². The fraction of sp³-hybridized carbons (Fsp3) is 0.944. The lowest BCUT2D eigenvalue weighted by atomic mass is 9.88. The Hall–Kier alpha value is -0.610. The highest BCUT2D eigenvalue weighted by atomic mass is 16.5. The zero-order chi connectivity index (χ0) is 16.9. The van der Waals surface area contributed by atoms with Crippen LogP contribution < -0.4 is 0 Å². The van der Waals surface area contributed by atoms with Crippen molar-refractivity contribution in [3.63, 3.8) is 0 Å². The lowest BCUT2D eigenvalue weighted by Gasteiger charge is -2.25. The van der Waals surface area contributed by atoms with Crippen molar-refractivity contribution in [3.05, 3.63) is 0 Å². The molecule has 130 valence electrons. The first-order valence-electron chi connectivity index (χ1n) is 8.79. The van der Waals surface area contributed by atoms with Crippen LogP contribution in [0, 0.1) is 29.6 Å². The Balaban J connectivity index is 2.42. The number of rotatable bonds is 11. The maximum Gasteiger partial charge on any atom is 0.309 e. The molecule has 1 saturated carbocycles. The Labute approximate surface area is 135 Å². The molecule has 0 amide bonds. The number of aliphatic carboxylic acids is 1. The fourth-order valence-corrected chi connectivity index (χ4v) is 3.69. The summed E-state index contributed by atoms with van der Waals surface area (Å²) in [5.74, 6) is 0.725. The van der Waals surface area contributed by atoms with Gasteiger partial charge in [0.1, 0.15) is 0 Å². The van der Waals surface area contributed by atoms with Crippen molar-refractivity contribution in [1.82, 2.24) is 0 Å². The Morgan fingerprint density at radius 1 is 1.27 bits per heavy atom. The number of methoxy groups -OCH3 is 1. The zero-order valence-electron chi connectivity index (χ0n) is 14.8. The van der Waals surface area contributed by atoms with Gasteiger partial charge < -0.3 is 14.9 Å². The molecule has 1 fully saturated rings. The minimum atomic E-state index is -0.878. The molecule has 0 radical (unpaired) electrons. The number of carbonyl (C=O) groups is 1. The molecule has 0 bridgehead atoms. The minimum Gasteiger partial charge on any atom is -0.481 e. The van der Waals surface area contributed by atoms with Crippen LogP contribution in [0.4, 0.5) is 0 Å². The maximum absolute atomic E-state index is 11.1. The molecule has 22 heavy (non-hydrogen) atoms. The lowest BCUT2D eigenvalue weighted by molar-refractivity contribution is -0.146. The van der Waals surface area contributed by atoms with E-state index in [0.717, 1.165) is 19.3 Å². The quantitative estimate of drug-likeness (QED) is 0.612. The molecule has 0 aromatic rings. The van der Waals surface area contributed by atoms with E-state index in [-0.39, 0.29) is 0 Å². The molecule has 5 unspecified atom stereocenters. The van der Waals surface area contributed by atoms with E-state index < -0.39 is 18.0 Å². The molecule has 0 spiro atoms. The number of carboxylic acid groups (broad SMARTS) is 1. The van der Waals surface area contributed by atoms with Gasteiger partial charge in [-0.15, -0.1) is 0 Å². The molecule has 0 heterocycles. The average molecular weight is 314 g/mol. The van der Waals surface area contributed by atoms with Crippen molar-refractivity contribution in [3.8, 4) is 0 Å². The highest BCUT2D eigenvalue weighted by molar-refractivity contribution is 5.70. The number of hydrogen-bond donors (Lipinski definition) is 2. The van der Waals surface area contributed by atoms with E-state index in [1.54, 1.807) is 7.11 Å². The predicted molar refractivity (Wildman–Crippen MR) is 87.7 cm³/mol. The molecule has 7 atom stereocenters. The standard InChI is InChI=1S/C18H34O4/c1-6-11(3)17(22-5)8-12(4)15-9-13(15)10-16(19)14(7-2)18(20)21/h11-17,19H,6-10H2,1-5H3,(H,20,21)/t11?,12?,13?,14-,15?,16-,17?/m1/s1. The molecular weight excluding hydrogens is 280 g/mol. The molecule has 4 nitrogen and oxygen atoms in total. The summed E-state index contributed by atoms with van der Waals surface area (Å²) in [6.07, 6.45) is 3.99. The van der Waals surface area contributed by atoms with Crippen LogP contribution in [0.1, 0.15) is 59.8 Å². The van der Waals surface area contributed by atoms with Crippen LogP contribution in [-0.2, 0) is 9.53 Å². The molecule has 1 aliphatic carbocycles. The van der Waals surface area contributed by atoms with Gasteiger partial charge in [-0.2, -0.15) is 0 Å². The molecule has 0 aromatic carbocycles. The number of carboxylic acids is 1. The third kappa shape index (κ3) is 5.24. The minimum absolute atomic E-state index is 0.300. The van der Waals surface area contributed by atoms with Crippen LogP contribution in [0.15, 0.2) is 0 Å². The topological polar surface area (TPSA) is 66.8 Å². The summed E-state index contributed by atoms with van der Waals surface area (Å²) < 4.78 is 5.63. The van der Waals surface area contributed by atoms with Crippen LogP contribution >= 0.6 is 0 Å². The monoisotopic (exact) mass is 314 g/mol. The van der Waals surface area contributed by atoms with Crippen LogP contribution in [0.25, 0.3) is 0 Å². The molecular formula is C18H34O4. The van der Waals surface area contributed by atoms with Crippen LogP contribution in [0.5, 0.6) is 0 Å². The van der Waals surface area contributed by atoms with Crippen LogP contribution in [0.3, 0.4) is 0 Å². The summed E-state index contributed by atoms with van der Waals surface area (Å²) in [6, 6.07) is 0. The Morgan fingerprint density at radius 2 is 1.91 bits per heavy atom. The fourth-order valence-electron chi connectivity index (χ4n) is 3.69. The molecule has 0 aromatic heterocycles. The summed E-state index contributed by atoms with van der Waals surface area (Å²) in [5.41, 5.74) is 0. The van der Waals surface area contributed by atoms with Gasteiger partial charge in [0.25, 0.3) is 0 Å². The largest absolute Gasteiger partial charge is 0.481 e. The van der Waals surface area contributed by atoms with Crippen LogP contribution in [0.2, 0.25) is 0 Å². The van der Waals surface area contributed by atoms with Crippen molar-refractivity contribution in [2.45, 2.75) is 72.0 Å². The van der Waals surface area contributed by atoms with E-state index in [4.69, 9.17) is 9.84 Å². The molecule has 1 aliphatic rings. The predicted octanol–water partition coefficient (Wildman–Crippen LogP) is 3.57. The maximum atomic E-state index is 11.1. The molecule has 0 saturated heterocycles. The van der Waals surface area contributed by atoms with Crippen molar-refractivity contribution >= 4 is 5.97 Å². The Bertz CT molecular complexity index is 344. The van der Waals surface area contributed by atoms with Gasteiger partial charge in [-0.1, -0.05) is 34.1 Å². The van der Waals surface area contributed by atoms with Crippen molar-refractivity contribution in [1.29, 1.82) is 0 Å². The summed E-state index contributed by atoms with van der Waals surface area (Å²) in [5, 5.41) is 19.3. The third-order valence-electron chi connectivity index (χ3n) is 5.66.